The van der Waals surface area contributed by atoms with Crippen LogP contribution in [0.15, 0.2) is 46.0 Å². The average molecular weight is 533 g/mol. The second-order valence-electron chi connectivity index (χ2n) is 13.1. The summed E-state index contributed by atoms with van der Waals surface area (Å²) in [5.41, 5.74) is 1.61. The molecule has 0 unspecified atom stereocenters. The minimum absolute atomic E-state index is 0.108. The standard InChI is InChI=1S/C33H40O6/c1-19-12-25(34)27(36)16-29-23(19)14-21-8-11-33(6)22(18-31(3,4)9-7-10-32(21,5)38-29)15-24-20(2)13-26(35)28(37)17-30(24)39-33/h7,9,12-13,16-17,21-22H,8,10-11,14-15,18H2,1-6H3,(H,34,36)(H,35,37)/t21-,22+,32+,33-/m0/s1. The van der Waals surface area contributed by atoms with E-state index in [1.54, 1.807) is 6.07 Å². The predicted octanol–water partition coefficient (Wildman–Crippen LogP) is 5.91. The molecule has 0 amide bonds. The van der Waals surface area contributed by atoms with Crippen LogP contribution in [0.4, 0.5) is 0 Å². The third-order valence-electron chi connectivity index (χ3n) is 9.45. The van der Waals surface area contributed by atoms with Crippen LogP contribution >= 0.6 is 0 Å². The van der Waals surface area contributed by atoms with Gasteiger partial charge in [-0.15, -0.1) is 0 Å². The fourth-order valence-corrected chi connectivity index (χ4v) is 6.91. The summed E-state index contributed by atoms with van der Waals surface area (Å²) in [5, 5.41) is 20.4. The number of rotatable bonds is 0. The Morgan fingerprint density at radius 3 is 1.85 bits per heavy atom. The normalized spacial score (nSPS) is 29.3. The molecule has 6 nitrogen and oxygen atoms in total. The molecule has 208 valence electrons. The number of hydrogen-bond acceptors (Lipinski definition) is 6. The molecule has 39 heavy (non-hydrogen) atoms. The molecule has 2 aromatic rings. The summed E-state index contributed by atoms with van der Waals surface area (Å²) in [7, 11) is 0. The van der Waals surface area contributed by atoms with E-state index < -0.39 is 22.1 Å². The van der Waals surface area contributed by atoms with Crippen molar-refractivity contribution in [2.45, 2.75) is 91.3 Å². The van der Waals surface area contributed by atoms with Gasteiger partial charge in [-0.05, 0) is 99.6 Å². The first-order valence-corrected chi connectivity index (χ1v) is 14.0. The molecule has 3 aliphatic rings. The van der Waals surface area contributed by atoms with E-state index in [1.807, 2.05) is 13.8 Å². The van der Waals surface area contributed by atoms with Crippen LogP contribution in [0.1, 0.15) is 75.6 Å². The fraction of sp³-hybridized carbons (Fsp3) is 0.515. The Kier molecular flexibility index (Phi) is 6.60. The van der Waals surface area contributed by atoms with E-state index in [4.69, 9.17) is 9.47 Å². The average Bonchev–Trinajstić information content (AvgIpc) is 3.00. The Balaban J connectivity index is 1.59. The minimum Gasteiger partial charge on any atom is -0.504 e. The van der Waals surface area contributed by atoms with E-state index in [9.17, 15) is 19.8 Å². The Morgan fingerprint density at radius 2 is 1.28 bits per heavy atom. The highest BCUT2D eigenvalue weighted by molar-refractivity contribution is 5.46. The lowest BCUT2D eigenvalue weighted by molar-refractivity contribution is -0.0357. The molecular weight excluding hydrogens is 492 g/mol. The SMILES string of the molecule is Cc1cc(O)c(=O)cc2c1C[C@@H]1CC[C@]3(C)Oc4cc(=O)c(O)cc(C)c4C[C@@H]3CC(C)(C)C=CC[C@@]1(C)O2. The fourth-order valence-electron chi connectivity index (χ4n) is 6.91. The summed E-state index contributed by atoms with van der Waals surface area (Å²) in [6.07, 6.45) is 9.19. The smallest absolute Gasteiger partial charge is 0.223 e. The molecule has 2 aromatic carbocycles. The van der Waals surface area contributed by atoms with Gasteiger partial charge in [-0.2, -0.15) is 0 Å². The van der Waals surface area contributed by atoms with Gasteiger partial charge in [-0.1, -0.05) is 26.0 Å². The topological polar surface area (TPSA) is 93.1 Å². The molecule has 0 bridgehead atoms. The summed E-state index contributed by atoms with van der Waals surface area (Å²) in [5.74, 6) is 0.932. The van der Waals surface area contributed by atoms with Crippen molar-refractivity contribution in [2.75, 3.05) is 0 Å². The zero-order chi connectivity index (χ0) is 28.3. The van der Waals surface area contributed by atoms with E-state index in [1.165, 1.54) is 18.2 Å². The number of hydrogen-bond donors (Lipinski definition) is 2. The van der Waals surface area contributed by atoms with Gasteiger partial charge in [0.15, 0.2) is 11.5 Å². The van der Waals surface area contributed by atoms with E-state index in [0.29, 0.717) is 17.9 Å². The Bertz CT molecular complexity index is 1470. The van der Waals surface area contributed by atoms with Crippen LogP contribution in [0.2, 0.25) is 0 Å². The molecule has 0 radical (unpaired) electrons. The second kappa shape index (κ2) is 9.42. The summed E-state index contributed by atoms with van der Waals surface area (Å²) in [6.45, 7) is 12.6. The molecule has 0 saturated heterocycles. The van der Waals surface area contributed by atoms with Crippen molar-refractivity contribution in [1.82, 2.24) is 0 Å². The monoisotopic (exact) mass is 532 g/mol. The highest BCUT2D eigenvalue weighted by atomic mass is 16.5. The van der Waals surface area contributed by atoms with Crippen LogP contribution in [-0.4, -0.2) is 21.4 Å². The molecule has 1 aliphatic carbocycles. The molecule has 5 rings (SSSR count). The quantitative estimate of drug-likeness (QED) is 0.410. The van der Waals surface area contributed by atoms with Gasteiger partial charge >= 0.3 is 0 Å². The van der Waals surface area contributed by atoms with E-state index in [-0.39, 0.29) is 28.7 Å². The number of allylic oxidation sites excluding steroid dienone is 1. The highest BCUT2D eigenvalue weighted by Crippen LogP contribution is 2.49. The molecule has 4 atom stereocenters. The van der Waals surface area contributed by atoms with E-state index in [2.05, 4.69) is 39.8 Å². The summed E-state index contributed by atoms with van der Waals surface area (Å²) >= 11 is 0. The maximum absolute atomic E-state index is 12.5. The summed E-state index contributed by atoms with van der Waals surface area (Å²) < 4.78 is 13.4. The molecular formula is C33H40O6. The van der Waals surface area contributed by atoms with Crippen LogP contribution in [0.25, 0.3) is 0 Å². The van der Waals surface area contributed by atoms with Gasteiger partial charge in [0.1, 0.15) is 22.7 Å². The molecule has 0 fully saturated rings. The molecule has 0 saturated carbocycles. The van der Waals surface area contributed by atoms with Crippen molar-refractivity contribution in [3.8, 4) is 23.0 Å². The molecule has 0 spiro atoms. The van der Waals surface area contributed by atoms with Gasteiger partial charge in [0.25, 0.3) is 0 Å². The lowest BCUT2D eigenvalue weighted by Gasteiger charge is -2.47. The number of ether oxygens (including phenoxy) is 2. The largest absolute Gasteiger partial charge is 0.504 e. The molecule has 2 N–H and O–H groups in total. The van der Waals surface area contributed by atoms with Crippen LogP contribution in [-0.2, 0) is 12.8 Å². The van der Waals surface area contributed by atoms with Gasteiger partial charge in [-0.3, -0.25) is 9.59 Å². The van der Waals surface area contributed by atoms with Crippen LogP contribution in [0, 0.1) is 31.1 Å². The van der Waals surface area contributed by atoms with Crippen molar-refractivity contribution < 1.29 is 19.7 Å². The minimum atomic E-state index is -0.539. The van der Waals surface area contributed by atoms with Crippen LogP contribution in [0.3, 0.4) is 0 Å². The number of fused-ring (bicyclic) bond motifs is 4. The van der Waals surface area contributed by atoms with Gasteiger partial charge in [0.05, 0.1) is 0 Å². The second-order valence-corrected chi connectivity index (χ2v) is 13.1. The highest BCUT2D eigenvalue weighted by Gasteiger charge is 2.47. The van der Waals surface area contributed by atoms with Crippen molar-refractivity contribution in [3.05, 3.63) is 79.1 Å². The zero-order valence-electron chi connectivity index (χ0n) is 23.9. The summed E-state index contributed by atoms with van der Waals surface area (Å²) in [4.78, 5) is 25.0. The van der Waals surface area contributed by atoms with Crippen molar-refractivity contribution >= 4 is 0 Å². The number of aryl methyl sites for hydroxylation is 2. The molecule has 6 heteroatoms. The van der Waals surface area contributed by atoms with E-state index >= 15 is 0 Å². The van der Waals surface area contributed by atoms with Crippen LogP contribution in [0.5, 0.6) is 23.0 Å². The number of aromatic hydroxyl groups is 2. The Morgan fingerprint density at radius 1 is 0.769 bits per heavy atom. The van der Waals surface area contributed by atoms with Gasteiger partial charge in [0.2, 0.25) is 10.9 Å². The molecule has 2 aliphatic heterocycles. The Hall–Kier alpha value is -3.28. The summed E-state index contributed by atoms with van der Waals surface area (Å²) in [6, 6.07) is 5.96. The Labute approximate surface area is 230 Å². The first-order valence-electron chi connectivity index (χ1n) is 14.0. The van der Waals surface area contributed by atoms with Gasteiger partial charge in [0, 0.05) is 30.4 Å². The predicted molar refractivity (Wildman–Crippen MR) is 152 cm³/mol. The van der Waals surface area contributed by atoms with E-state index in [0.717, 1.165) is 54.4 Å². The molecule has 0 aromatic heterocycles. The maximum Gasteiger partial charge on any atom is 0.223 e. The first kappa shape index (κ1) is 27.3. The third kappa shape index (κ3) is 5.06. The first-order chi connectivity index (χ1) is 18.2. The van der Waals surface area contributed by atoms with Crippen molar-refractivity contribution in [1.29, 1.82) is 0 Å². The maximum atomic E-state index is 12.5. The lowest BCUT2D eigenvalue weighted by Crippen LogP contribution is -2.49. The lowest BCUT2D eigenvalue weighted by atomic mass is 9.69. The van der Waals surface area contributed by atoms with Crippen LogP contribution < -0.4 is 20.3 Å². The van der Waals surface area contributed by atoms with Crippen molar-refractivity contribution in [3.63, 3.8) is 0 Å². The van der Waals surface area contributed by atoms with Gasteiger partial charge in [-0.25, -0.2) is 0 Å². The van der Waals surface area contributed by atoms with Gasteiger partial charge < -0.3 is 19.7 Å². The van der Waals surface area contributed by atoms with Crippen molar-refractivity contribution in [2.24, 2.45) is 17.3 Å². The third-order valence-corrected chi connectivity index (χ3v) is 9.45. The molecule has 2 heterocycles. The zero-order valence-corrected chi connectivity index (χ0v) is 23.9.